The molecule has 144 valence electrons. The Labute approximate surface area is 155 Å². The fraction of sp³-hybridized carbons (Fsp3) is 0.294. The van der Waals surface area contributed by atoms with Gasteiger partial charge in [0.1, 0.15) is 5.82 Å². The number of carbonyl (C=O) groups excluding carboxylic acids is 1. The van der Waals surface area contributed by atoms with Gasteiger partial charge >= 0.3 is 0 Å². The third-order valence-corrected chi connectivity index (χ3v) is 6.44. The molecule has 27 heavy (non-hydrogen) atoms. The van der Waals surface area contributed by atoms with Gasteiger partial charge in [0.15, 0.2) is 5.76 Å². The Hall–Kier alpha value is -2.88. The Morgan fingerprint density at radius 3 is 2.70 bits per heavy atom. The molecule has 1 aliphatic heterocycles. The second kappa shape index (κ2) is 6.38. The van der Waals surface area contributed by atoms with E-state index in [1.165, 1.54) is 32.4 Å². The van der Waals surface area contributed by atoms with Gasteiger partial charge in [0, 0.05) is 23.9 Å². The molecule has 2 heterocycles. The molecular weight excluding hydrogens is 375 g/mol. The highest BCUT2D eigenvalue weighted by Gasteiger charge is 2.43. The van der Waals surface area contributed by atoms with Crippen LogP contribution in [-0.4, -0.2) is 37.4 Å². The molecule has 0 aliphatic carbocycles. The van der Waals surface area contributed by atoms with Gasteiger partial charge in [-0.3, -0.25) is 10.2 Å². The van der Waals surface area contributed by atoms with Crippen LogP contribution < -0.4 is 10.6 Å². The fourth-order valence-corrected chi connectivity index (χ4v) is 4.42. The topological polar surface area (TPSA) is 116 Å². The van der Waals surface area contributed by atoms with Crippen molar-refractivity contribution in [1.29, 1.82) is 5.41 Å². The summed E-state index contributed by atoms with van der Waals surface area (Å²) >= 11 is 0. The summed E-state index contributed by atoms with van der Waals surface area (Å²) in [6.45, 7) is 3.21. The Bertz CT molecular complexity index is 1030. The molecule has 1 atom stereocenters. The molecule has 0 saturated carbocycles. The lowest BCUT2D eigenvalue weighted by Gasteiger charge is -2.40. The zero-order chi connectivity index (χ0) is 20.0. The number of nitrogens with one attached hydrogen (secondary N) is 3. The summed E-state index contributed by atoms with van der Waals surface area (Å²) in [5.41, 5.74) is -0.414. The average Bonchev–Trinajstić information content (AvgIpc) is 3.00. The summed E-state index contributed by atoms with van der Waals surface area (Å²) in [7, 11) is -2.53. The van der Waals surface area contributed by atoms with Crippen LogP contribution in [0.25, 0.3) is 0 Å². The smallest absolute Gasteiger partial charge is 0.291 e. The van der Waals surface area contributed by atoms with Gasteiger partial charge < -0.3 is 15.1 Å². The van der Waals surface area contributed by atoms with Gasteiger partial charge in [0.25, 0.3) is 5.91 Å². The first-order valence-electron chi connectivity index (χ1n) is 8.02. The number of sulfonamides is 1. The van der Waals surface area contributed by atoms with Crippen LogP contribution in [-0.2, 0) is 15.6 Å². The maximum absolute atomic E-state index is 14.5. The third-order valence-electron chi connectivity index (χ3n) is 4.48. The average molecular weight is 394 g/mol. The molecule has 10 heteroatoms. The van der Waals surface area contributed by atoms with Gasteiger partial charge in [0.05, 0.1) is 17.6 Å². The van der Waals surface area contributed by atoms with Crippen LogP contribution in [0, 0.1) is 18.2 Å². The number of rotatable bonds is 3. The highest BCUT2D eigenvalue weighted by Crippen LogP contribution is 2.31. The van der Waals surface area contributed by atoms with Crippen LogP contribution in [0.5, 0.6) is 0 Å². The third kappa shape index (κ3) is 3.39. The Kier molecular flexibility index (Phi) is 4.46. The quantitative estimate of drug-likeness (QED) is 0.736. The van der Waals surface area contributed by atoms with E-state index in [0.717, 1.165) is 10.4 Å². The first-order valence-corrected chi connectivity index (χ1v) is 9.63. The number of nitrogens with zero attached hydrogens (tertiary/aromatic N) is 1. The summed E-state index contributed by atoms with van der Waals surface area (Å²) in [6, 6.07) is 5.51. The second-order valence-corrected chi connectivity index (χ2v) is 8.61. The molecule has 1 aliphatic rings. The number of guanidine groups is 1. The lowest BCUT2D eigenvalue weighted by atomic mass is 9.93. The van der Waals surface area contributed by atoms with Crippen molar-refractivity contribution in [2.24, 2.45) is 0 Å². The molecule has 0 radical (unpaired) electrons. The summed E-state index contributed by atoms with van der Waals surface area (Å²) in [5.74, 6) is -1.82. The largest absolute Gasteiger partial charge is 0.459 e. The Balaban J connectivity index is 1.95. The Morgan fingerprint density at radius 1 is 1.41 bits per heavy atom. The van der Waals surface area contributed by atoms with Gasteiger partial charge in [0.2, 0.25) is 16.0 Å². The molecule has 1 aromatic heterocycles. The maximum atomic E-state index is 14.5. The molecule has 1 aromatic carbocycles. The van der Waals surface area contributed by atoms with Crippen molar-refractivity contribution in [1.82, 2.24) is 9.62 Å². The minimum absolute atomic E-state index is 0.0258. The van der Waals surface area contributed by atoms with Gasteiger partial charge in [-0.05, 0) is 38.1 Å². The van der Waals surface area contributed by atoms with Crippen molar-refractivity contribution in [3.05, 3.63) is 53.2 Å². The monoisotopic (exact) mass is 394 g/mol. The first kappa shape index (κ1) is 18.9. The molecule has 1 fully saturated rings. The molecular formula is C17H19FN4O4S. The lowest BCUT2D eigenvalue weighted by Crippen LogP contribution is -2.61. The predicted molar refractivity (Wildman–Crippen MR) is 97.6 cm³/mol. The molecule has 3 N–H and O–H groups in total. The maximum Gasteiger partial charge on any atom is 0.291 e. The van der Waals surface area contributed by atoms with Gasteiger partial charge in [-0.2, -0.15) is 0 Å². The van der Waals surface area contributed by atoms with E-state index in [2.05, 4.69) is 10.6 Å². The summed E-state index contributed by atoms with van der Waals surface area (Å²) in [5, 5.41) is 13.2. The van der Waals surface area contributed by atoms with Gasteiger partial charge in [-0.15, -0.1) is 0 Å². The minimum Gasteiger partial charge on any atom is -0.459 e. The standard InChI is InChI=1S/C17H19FN4O4S/c1-10-6-7-26-14(10)15(23)20-11-4-5-13(18)12(8-11)17(2)9-27(24,25)22(3)16(19)21-17/h4-8H,9H2,1-3H3,(H2,19,21)(H,20,23)/t17-/m0/s1. The highest BCUT2D eigenvalue weighted by molar-refractivity contribution is 7.89. The van der Waals surface area contributed by atoms with Crippen LogP contribution in [0.2, 0.25) is 0 Å². The van der Waals surface area contributed by atoms with E-state index >= 15 is 0 Å². The zero-order valence-corrected chi connectivity index (χ0v) is 15.8. The number of aryl methyl sites for hydroxylation is 1. The van der Waals surface area contributed by atoms with Crippen molar-refractivity contribution < 1.29 is 22.0 Å². The van der Waals surface area contributed by atoms with Crippen LogP contribution in [0.4, 0.5) is 10.1 Å². The molecule has 8 nitrogen and oxygen atoms in total. The fourth-order valence-electron chi connectivity index (χ4n) is 2.94. The predicted octanol–water partition coefficient (Wildman–Crippen LogP) is 1.99. The molecule has 3 rings (SSSR count). The molecule has 2 aromatic rings. The molecule has 0 bridgehead atoms. The number of furan rings is 1. The van der Waals surface area contributed by atoms with Crippen LogP contribution in [0.3, 0.4) is 0 Å². The van der Waals surface area contributed by atoms with Crippen LogP contribution in [0.1, 0.15) is 28.6 Å². The Morgan fingerprint density at radius 2 is 2.11 bits per heavy atom. The molecule has 0 spiro atoms. The van der Waals surface area contributed by atoms with E-state index in [-0.39, 0.29) is 23.0 Å². The summed E-state index contributed by atoms with van der Waals surface area (Å²) < 4.78 is 45.0. The zero-order valence-electron chi connectivity index (χ0n) is 15.0. The number of anilines is 1. The molecule has 1 amide bonds. The summed E-state index contributed by atoms with van der Waals surface area (Å²) in [4.78, 5) is 12.3. The number of halogens is 1. The highest BCUT2D eigenvalue weighted by atomic mass is 32.2. The molecule has 1 saturated heterocycles. The van der Waals surface area contributed by atoms with E-state index in [1.54, 1.807) is 13.0 Å². The normalized spacial score (nSPS) is 21.6. The number of hydrogen-bond donors (Lipinski definition) is 3. The van der Waals surface area contributed by atoms with E-state index in [4.69, 9.17) is 9.83 Å². The second-order valence-electron chi connectivity index (χ2n) is 6.61. The number of hydrogen-bond acceptors (Lipinski definition) is 5. The summed E-state index contributed by atoms with van der Waals surface area (Å²) in [6.07, 6.45) is 1.39. The van der Waals surface area contributed by atoms with Gasteiger partial charge in [-0.1, -0.05) is 0 Å². The first-order chi connectivity index (χ1) is 12.5. The van der Waals surface area contributed by atoms with Crippen molar-refractivity contribution in [3.63, 3.8) is 0 Å². The van der Waals surface area contributed by atoms with E-state index < -0.39 is 33.0 Å². The van der Waals surface area contributed by atoms with E-state index in [9.17, 15) is 17.6 Å². The number of amides is 1. The lowest BCUT2D eigenvalue weighted by molar-refractivity contribution is 0.0995. The van der Waals surface area contributed by atoms with Crippen LogP contribution >= 0.6 is 0 Å². The van der Waals surface area contributed by atoms with Crippen molar-refractivity contribution in [3.8, 4) is 0 Å². The van der Waals surface area contributed by atoms with Crippen LogP contribution in [0.15, 0.2) is 34.9 Å². The van der Waals surface area contributed by atoms with E-state index in [0.29, 0.717) is 5.56 Å². The molecule has 0 unspecified atom stereocenters. The van der Waals surface area contributed by atoms with E-state index in [1.807, 2.05) is 0 Å². The number of carbonyl (C=O) groups is 1. The van der Waals surface area contributed by atoms with Crippen molar-refractivity contribution in [2.75, 3.05) is 18.1 Å². The SMILES string of the molecule is Cc1ccoc1C(=O)Nc1ccc(F)c([C@]2(C)CS(=O)(=O)N(C)C(=N)N2)c1. The number of benzene rings is 1. The van der Waals surface area contributed by atoms with Crippen molar-refractivity contribution in [2.45, 2.75) is 19.4 Å². The minimum atomic E-state index is -3.78. The van der Waals surface area contributed by atoms with Crippen molar-refractivity contribution >= 4 is 27.6 Å². The van der Waals surface area contributed by atoms with Gasteiger partial charge in [-0.25, -0.2) is 17.1 Å².